The lowest BCUT2D eigenvalue weighted by Gasteiger charge is -2.29. The molecule has 806 valence electrons. The number of ether oxygens (including phenoxy) is 2. The molecule has 4 saturated carbocycles. The van der Waals surface area contributed by atoms with E-state index in [0.717, 1.165) is 85.1 Å². The zero-order valence-electron chi connectivity index (χ0n) is 79.6. The first-order chi connectivity index (χ1) is 67.9. The van der Waals surface area contributed by atoms with Gasteiger partial charge in [0.25, 0.3) is 0 Å². The van der Waals surface area contributed by atoms with Gasteiger partial charge in [0.1, 0.15) is 97.5 Å². The van der Waals surface area contributed by atoms with E-state index in [0.29, 0.717) is 80.2 Å². The molecule has 12 atom stereocenters. The second-order valence-electron chi connectivity index (χ2n) is 36.3. The second kappa shape index (κ2) is 52.6. The number of amides is 6. The zero-order valence-corrected chi connectivity index (χ0v) is 89.6. The van der Waals surface area contributed by atoms with Gasteiger partial charge in [0, 0.05) is 217 Å². The highest BCUT2D eigenvalue weighted by Gasteiger charge is 2.60. The van der Waals surface area contributed by atoms with Crippen molar-refractivity contribution in [1.29, 1.82) is 0 Å². The number of aliphatic carboxylic acids is 2. The Hall–Kier alpha value is -11.1. The van der Waals surface area contributed by atoms with Crippen LogP contribution in [-0.2, 0) is 171 Å². The van der Waals surface area contributed by atoms with Gasteiger partial charge < -0.3 is 51.6 Å². The Morgan fingerprint density at radius 3 is 1.11 bits per heavy atom. The molecule has 0 spiro atoms. The molecule has 4 aliphatic carbocycles. The van der Waals surface area contributed by atoms with Crippen molar-refractivity contribution >= 4 is 236 Å². The van der Waals surface area contributed by atoms with Gasteiger partial charge in [0.2, 0.25) is 23.6 Å². The van der Waals surface area contributed by atoms with Crippen LogP contribution in [0.2, 0.25) is 0 Å². The molecule has 8 aliphatic rings. The molecular formula is C86H100Cl2F12N24O14S10. The number of carbonyl (C=O) groups excluding carboxylic acids is 8. The third-order valence-corrected chi connectivity index (χ3v) is 25.0. The van der Waals surface area contributed by atoms with Gasteiger partial charge in [-0.05, 0) is 176 Å². The van der Waals surface area contributed by atoms with Crippen molar-refractivity contribution < 1.29 is 120 Å². The zero-order chi connectivity index (χ0) is 107. The monoisotopic (exact) mass is 2310 g/mol. The van der Waals surface area contributed by atoms with E-state index < -0.39 is 116 Å². The Kier molecular flexibility index (Phi) is 44.0. The third kappa shape index (κ3) is 36.1. The molecule has 12 heterocycles. The molecule has 8 aromatic heterocycles. The van der Waals surface area contributed by atoms with Crippen LogP contribution in [0.5, 0.6) is 0 Å². The van der Waals surface area contributed by atoms with E-state index in [2.05, 4.69) is 139 Å². The van der Waals surface area contributed by atoms with Crippen molar-refractivity contribution in [3.8, 4) is 22.3 Å². The first kappa shape index (κ1) is 124. The quantitative estimate of drug-likeness (QED) is 0.0292. The van der Waals surface area contributed by atoms with Crippen molar-refractivity contribution in [2.75, 3.05) is 47.9 Å². The van der Waals surface area contributed by atoms with Crippen molar-refractivity contribution in [1.82, 2.24) is 98.6 Å². The van der Waals surface area contributed by atoms with Gasteiger partial charge in [0.05, 0.1) is 17.1 Å². The summed E-state index contributed by atoms with van der Waals surface area (Å²) in [7, 11) is 3.26. The summed E-state index contributed by atoms with van der Waals surface area (Å²) in [5.74, 6) is -0.447. The van der Waals surface area contributed by atoms with Crippen LogP contribution in [0, 0.1) is 61.2 Å². The number of Topliss-reactive ketones (excluding diaryl/α,β-unsaturated/α-hetero) is 2. The molecule has 38 nitrogen and oxygen atoms in total. The molecular weight excluding hydrogens is 2210 g/mol. The number of hydrogen-bond acceptors (Lipinski definition) is 30. The predicted octanol–water partition coefficient (Wildman–Crippen LogP) is 12.3. The maximum atomic E-state index is 13.5. The Balaban J connectivity index is 0.000000245. The minimum atomic E-state index is -4.45. The third-order valence-electron chi connectivity index (χ3n) is 22.8. The van der Waals surface area contributed by atoms with Crippen LogP contribution in [0.15, 0.2) is 110 Å². The van der Waals surface area contributed by atoms with Gasteiger partial charge >= 0.3 is 48.8 Å². The molecule has 18 rings (SSSR count). The number of ketones is 2. The maximum Gasteiger partial charge on any atom is 0.411 e. The molecule has 148 heavy (non-hydrogen) atoms. The fourth-order valence-electron chi connectivity index (χ4n) is 16.6. The van der Waals surface area contributed by atoms with Gasteiger partial charge in [-0.25, -0.2) is 34.3 Å². The van der Waals surface area contributed by atoms with Crippen LogP contribution in [0.3, 0.4) is 0 Å². The maximum absolute atomic E-state index is 13.5. The number of aryl methyl sites for hydroxylation is 2. The fraction of sp³-hybridized carbons (Fsp3) is 0.488. The van der Waals surface area contributed by atoms with Crippen molar-refractivity contribution in [3.63, 3.8) is 0 Å². The number of benzene rings is 2. The number of hydrogen-bond donors (Lipinski definition) is 7. The summed E-state index contributed by atoms with van der Waals surface area (Å²) in [5.41, 5.74) is 8.73. The van der Waals surface area contributed by atoms with E-state index in [4.69, 9.17) is 25.4 Å². The highest BCUT2D eigenvalue weighted by Crippen LogP contribution is 2.53. The Morgan fingerprint density at radius 1 is 0.459 bits per heavy atom. The van der Waals surface area contributed by atoms with Gasteiger partial charge in [-0.1, -0.05) is 12.1 Å². The number of alkyl halides is 12. The van der Waals surface area contributed by atoms with Crippen LogP contribution < -0.4 is 27.0 Å². The number of nitrogen functional groups attached to an aromatic ring is 1. The number of fused-ring (bicyclic) bond motifs is 6. The second-order valence-corrected chi connectivity index (χ2v) is 41.6. The van der Waals surface area contributed by atoms with Crippen LogP contribution in [-0.4, -0.2) is 249 Å². The summed E-state index contributed by atoms with van der Waals surface area (Å²) in [4.78, 5) is 143. The molecule has 4 aliphatic heterocycles. The number of carboxylic acids is 2. The number of likely N-dealkylation sites (tertiary alicyclic amines) is 3. The van der Waals surface area contributed by atoms with E-state index in [1.165, 1.54) is 92.3 Å². The number of nitrogens with zero attached hydrogens (tertiary/aromatic N) is 19. The number of carboxylic acid groups (broad SMARTS) is 2. The van der Waals surface area contributed by atoms with Gasteiger partial charge in [0.15, 0.2) is 29.0 Å². The summed E-state index contributed by atoms with van der Waals surface area (Å²) >= 11 is 24.2. The van der Waals surface area contributed by atoms with Crippen LogP contribution in [0.25, 0.3) is 44.1 Å². The molecule has 8 N–H and O–H groups in total. The molecule has 0 radical (unpaired) electrons. The summed E-state index contributed by atoms with van der Waals surface area (Å²) in [6.45, 7) is 13.9. The minimum Gasteiger partial charge on any atom is -0.480 e. The highest BCUT2D eigenvalue weighted by molar-refractivity contribution is 8.51. The Morgan fingerprint density at radius 2 is 0.791 bits per heavy atom. The molecule has 62 heteroatoms. The lowest BCUT2D eigenvalue weighted by molar-refractivity contribution is -0.143. The Bertz CT molecular complexity index is 6520. The highest BCUT2D eigenvalue weighted by atomic mass is 35.5. The largest absolute Gasteiger partial charge is 0.480 e. The fourth-order valence-corrected chi connectivity index (χ4v) is 16.6. The van der Waals surface area contributed by atoms with Gasteiger partial charge in [-0.15, -0.1) is 24.8 Å². The number of aromatic nitrogens is 16. The summed E-state index contributed by atoms with van der Waals surface area (Å²) < 4.78 is 163. The van der Waals surface area contributed by atoms with Crippen molar-refractivity contribution in [2.24, 2.45) is 47.3 Å². The van der Waals surface area contributed by atoms with E-state index in [1.54, 1.807) is 92.3 Å². The number of nitrogens with two attached hydrogens (primary N) is 1. The average molecular weight is 2310 g/mol. The van der Waals surface area contributed by atoms with Gasteiger partial charge in [-0.2, -0.15) is 96.8 Å². The number of piperidine rings is 4. The van der Waals surface area contributed by atoms with E-state index in [1.807, 2.05) is 24.3 Å². The molecule has 8 fully saturated rings. The summed E-state index contributed by atoms with van der Waals surface area (Å²) in [6, 6.07) is 13.7. The molecule has 4 saturated heterocycles. The normalized spacial score (nSPS) is 19.9. The standard InChI is InChI=1S/C27H25F3N8O3.C16H21F3N4O3.C16H14N4O3.C11H13F3N4O.C11H17NO4.C5H6F3N3.2ClH.S4.S3.S2.H2S/c1-14(39)24-20-7-16(18-9-31-15(2)32-10-18)3-4-21(20)38(35-24)12-23(40)37-11-17-8-19(17)25(37)26(41)33-22-5-6-36(34-22)13-27(28,29)30;1-15(2,3)26-14(25)23-7-9-6-10(9)12(23)13(24)20-11-4-5-22(21-11)8-16(17,18)19;1-9(21)16-13-5-11(12-6-17-10(2)18-7-12)3-4-14(13)20(19-16)8-15(22)23;12-11(13,14)5-18-2-1-8(17-18)16-10(19)9-7-3-6(7)4-15-9;1-11(2,3)16-10(15)12-5-6-4-7(6)8(12)9(13)14;6-5(7,8)3-11-2-1-4(9)10-11;;;1-3-4-2;1-3-2;1-2;/h3-7,9-10,17,19,25H,8,11-13H2,1-2H3,(H,33,34,41);4-5,9-10,12H,6-8H2,1-3H3,(H,20,21,24);3-7H,8H2,1-2H3,(H,22,23);1-2,6-7,9,15H,3-5H2,(H,16,17,19);6-8H,4-5H2,1-3H3,(H,13,14);1-2H,3H2,(H2,9,10);2*1H;;;;1H2/t17-,19-,25+;9-,10-,12+;;6-,7-,9+;6-,7-,8+;;;;;;;/m11.11......./s1. The SMILES string of the molecule is CC(=O)c1nn(CC(=O)N2C[C@H]3C[C@H]3[C@H]2C(=O)Nc2ccn(CC(F)(F)F)n2)c2ccc(-c3cnc(C)nc3)cc12.CC(=O)c1nn(CC(=O)O)c2ccc(-c3cnc(C)nc3)cc12.CC(C)(C)OC(=O)N1C[C@H]2C[C@H]2[C@H]1C(=O)Nc1ccn(CC(F)(F)F)n1.CC(C)(C)OC(=O)N1C[C@H]2C[C@H]2[C@H]1C(=O)O.Cl.Cl.Nc1ccn(CC(F)(F)F)n1.O=C(Nc1ccn(CC(F)(F)F)n1)[C@H]1NC[C@H]2C[C@H]21.S.S=S.S=S=S.S=S=S=S. The average Bonchev–Trinajstić information content (AvgIpc) is 1.69. The molecule has 2 aromatic carbocycles. The molecule has 10 aromatic rings. The topological polar surface area (TPSA) is 472 Å². The van der Waals surface area contributed by atoms with E-state index in [9.17, 15) is 101 Å². The van der Waals surface area contributed by atoms with Crippen molar-refractivity contribution in [2.45, 2.75) is 194 Å². The van der Waals surface area contributed by atoms with Crippen molar-refractivity contribution in [3.05, 3.63) is 133 Å². The number of carbonyl (C=O) groups is 10. The minimum absolute atomic E-state index is 0. The first-order valence-corrected chi connectivity index (χ1v) is 51.7. The van der Waals surface area contributed by atoms with E-state index >= 15 is 0 Å². The first-order valence-electron chi connectivity index (χ1n) is 43.7. The lowest BCUT2D eigenvalue weighted by atomic mass is 10.0. The summed E-state index contributed by atoms with van der Waals surface area (Å²) in [5, 5.41) is 53.1. The smallest absolute Gasteiger partial charge is 0.411 e. The number of nitrogens with one attached hydrogen (secondary N) is 4. The summed E-state index contributed by atoms with van der Waals surface area (Å²) in [6.07, 6.45) is -3.41. The van der Waals surface area contributed by atoms with Gasteiger partial charge in [-0.3, -0.25) is 71.5 Å². The number of halogens is 14. The Labute approximate surface area is 893 Å². The molecule has 6 amide bonds. The van der Waals surface area contributed by atoms with E-state index in [-0.39, 0.29) is 145 Å². The lowest BCUT2D eigenvalue weighted by Crippen LogP contribution is -2.47. The predicted molar refractivity (Wildman–Crippen MR) is 548 cm³/mol. The van der Waals surface area contributed by atoms with Crippen LogP contribution in [0.4, 0.5) is 85.5 Å². The van der Waals surface area contributed by atoms with Crippen LogP contribution in [0.1, 0.15) is 114 Å². The molecule has 0 unspecified atom stereocenters. The molecule has 0 bridgehead atoms. The number of rotatable bonds is 19. The van der Waals surface area contributed by atoms with Crippen LogP contribution >= 0.6 is 38.3 Å². The number of anilines is 4.